The molecule has 0 fully saturated rings. The molecule has 0 radical (unpaired) electrons. The van der Waals surface area contributed by atoms with E-state index in [0.717, 1.165) is 0 Å². The van der Waals surface area contributed by atoms with Crippen molar-refractivity contribution >= 4 is 29.1 Å². The highest BCUT2D eigenvalue weighted by Crippen LogP contribution is 2.12. The average molecular weight is 222 g/mol. The van der Waals surface area contributed by atoms with Crippen LogP contribution in [0.25, 0.3) is 0 Å². The van der Waals surface area contributed by atoms with Gasteiger partial charge in [-0.1, -0.05) is 25.4 Å². The van der Waals surface area contributed by atoms with Crippen LogP contribution in [0.3, 0.4) is 0 Å². The van der Waals surface area contributed by atoms with E-state index in [9.17, 15) is 4.79 Å². The molecule has 0 spiro atoms. The maximum absolute atomic E-state index is 10.5. The van der Waals surface area contributed by atoms with Crippen LogP contribution >= 0.6 is 23.2 Å². The Balaban J connectivity index is 0.000000671. The number of hydrogen-bond donors (Lipinski definition) is 1. The lowest BCUT2D eigenvalue weighted by Crippen LogP contribution is -2.12. The number of carbonyl (C=O) groups is 1. The molecule has 0 aromatic carbocycles. The first-order chi connectivity index (χ1) is 6.11. The van der Waals surface area contributed by atoms with Crippen molar-refractivity contribution in [3.8, 4) is 0 Å². The molecule has 13 heavy (non-hydrogen) atoms. The molecule has 2 N–H and O–H groups in total. The van der Waals surface area contributed by atoms with Gasteiger partial charge in [-0.2, -0.15) is 0 Å². The minimum absolute atomic E-state index is 0.0139. The van der Waals surface area contributed by atoms with Gasteiger partial charge in [0, 0.05) is 6.20 Å². The van der Waals surface area contributed by atoms with Crippen molar-refractivity contribution in [3.05, 3.63) is 22.2 Å². The molecule has 0 atom stereocenters. The zero-order chi connectivity index (χ0) is 10.4. The monoisotopic (exact) mass is 221 g/mol. The summed E-state index contributed by atoms with van der Waals surface area (Å²) in [6, 6.07) is 0. The fourth-order valence-corrected chi connectivity index (χ4v) is 0.905. The van der Waals surface area contributed by atoms with Crippen LogP contribution in [0, 0.1) is 0 Å². The minimum atomic E-state index is -0.674. The van der Waals surface area contributed by atoms with E-state index in [4.69, 9.17) is 28.9 Å². The topological polar surface area (TPSA) is 68.9 Å². The quantitative estimate of drug-likeness (QED) is 0.582. The first-order valence-electron chi connectivity index (χ1n) is 3.59. The molecule has 4 nitrogen and oxygen atoms in total. The zero-order valence-electron chi connectivity index (χ0n) is 7.21. The summed E-state index contributed by atoms with van der Waals surface area (Å²) in [6.45, 7) is 4.00. The third-order valence-corrected chi connectivity index (χ3v) is 1.45. The number of nitrogens with two attached hydrogens (primary N) is 1. The number of carbonyl (C=O) groups excluding carboxylic acids is 1. The first kappa shape index (κ1) is 12.1. The van der Waals surface area contributed by atoms with Gasteiger partial charge in [0.1, 0.15) is 5.15 Å². The highest BCUT2D eigenvalue weighted by Gasteiger charge is 2.08. The molecule has 1 heterocycles. The van der Waals surface area contributed by atoms with E-state index in [0.29, 0.717) is 0 Å². The molecule has 6 heteroatoms. The number of halogens is 2. The van der Waals surface area contributed by atoms with Crippen molar-refractivity contribution in [2.75, 3.05) is 0 Å². The van der Waals surface area contributed by atoms with Crippen LogP contribution < -0.4 is 5.73 Å². The molecular formula is C7H9Cl2N3O. The van der Waals surface area contributed by atoms with Gasteiger partial charge in [0.25, 0.3) is 5.91 Å². The van der Waals surface area contributed by atoms with Gasteiger partial charge >= 0.3 is 0 Å². The molecule has 72 valence electrons. The minimum Gasteiger partial charge on any atom is -0.365 e. The summed E-state index contributed by atoms with van der Waals surface area (Å²) in [5, 5.41) is -0.0440. The Morgan fingerprint density at radius 2 is 2.00 bits per heavy atom. The summed E-state index contributed by atoms with van der Waals surface area (Å²) < 4.78 is 0. The van der Waals surface area contributed by atoms with Crippen molar-refractivity contribution < 1.29 is 4.79 Å². The van der Waals surface area contributed by atoms with E-state index in [1.165, 1.54) is 6.20 Å². The van der Waals surface area contributed by atoms with Crippen LogP contribution in [-0.4, -0.2) is 15.9 Å². The first-order valence-corrected chi connectivity index (χ1v) is 4.34. The summed E-state index contributed by atoms with van der Waals surface area (Å²) in [5.41, 5.74) is 4.98. The van der Waals surface area contributed by atoms with Crippen molar-refractivity contribution in [3.63, 3.8) is 0 Å². The van der Waals surface area contributed by atoms with E-state index < -0.39 is 5.91 Å². The van der Waals surface area contributed by atoms with Crippen molar-refractivity contribution in [2.45, 2.75) is 13.8 Å². The Hall–Kier alpha value is -0.870. The van der Waals surface area contributed by atoms with Crippen LogP contribution in [0.15, 0.2) is 6.20 Å². The van der Waals surface area contributed by atoms with Gasteiger partial charge in [-0.25, -0.2) is 9.97 Å². The molecule has 0 bridgehead atoms. The third-order valence-electron chi connectivity index (χ3n) is 0.978. The van der Waals surface area contributed by atoms with Crippen LogP contribution in [0.1, 0.15) is 24.2 Å². The van der Waals surface area contributed by atoms with Gasteiger partial charge in [-0.05, 0) is 11.6 Å². The average Bonchev–Trinajstić information content (AvgIpc) is 2.07. The molecule has 1 aromatic heterocycles. The molecule has 1 amide bonds. The standard InChI is InChI=1S/C5H3Cl2N3O.C2H6/c6-3-2(4(8)11)1-9-5(7)10-3;1-2/h1H,(H2,8,11);1-2H3. The van der Waals surface area contributed by atoms with Crippen LogP contribution in [0.4, 0.5) is 0 Å². The SMILES string of the molecule is CC.NC(=O)c1cnc(Cl)nc1Cl. The molecule has 0 aliphatic heterocycles. The number of nitrogens with zero attached hydrogens (tertiary/aromatic N) is 2. The molecule has 0 aliphatic rings. The molecule has 0 aliphatic carbocycles. The lowest BCUT2D eigenvalue weighted by atomic mass is 10.3. The van der Waals surface area contributed by atoms with Crippen LogP contribution in [0.2, 0.25) is 10.4 Å². The normalized spacial score (nSPS) is 8.62. The number of rotatable bonds is 1. The highest BCUT2D eigenvalue weighted by molar-refractivity contribution is 6.34. The number of aromatic nitrogens is 2. The Morgan fingerprint density at radius 3 is 2.38 bits per heavy atom. The molecular weight excluding hydrogens is 213 g/mol. The predicted molar refractivity (Wildman–Crippen MR) is 51.9 cm³/mol. The Kier molecular flexibility index (Phi) is 5.34. The van der Waals surface area contributed by atoms with Crippen molar-refractivity contribution in [2.24, 2.45) is 5.73 Å². The second-order valence-corrected chi connectivity index (χ2v) is 2.40. The lowest BCUT2D eigenvalue weighted by molar-refractivity contribution is 0.1000. The van der Waals surface area contributed by atoms with E-state index >= 15 is 0 Å². The van der Waals surface area contributed by atoms with Gasteiger partial charge < -0.3 is 5.73 Å². The Bertz CT molecular complexity index is 304. The molecule has 0 unspecified atom stereocenters. The van der Waals surface area contributed by atoms with E-state index in [1.54, 1.807) is 0 Å². The van der Waals surface area contributed by atoms with Gasteiger partial charge in [-0.15, -0.1) is 0 Å². The maximum Gasteiger partial charge on any atom is 0.253 e. The lowest BCUT2D eigenvalue weighted by Gasteiger charge is -1.96. The van der Waals surface area contributed by atoms with Crippen molar-refractivity contribution in [1.29, 1.82) is 0 Å². The second-order valence-electron chi connectivity index (χ2n) is 1.71. The fraction of sp³-hybridized carbons (Fsp3) is 0.286. The summed E-state index contributed by atoms with van der Waals surface area (Å²) >= 11 is 10.9. The van der Waals surface area contributed by atoms with Crippen molar-refractivity contribution in [1.82, 2.24) is 9.97 Å². The summed E-state index contributed by atoms with van der Waals surface area (Å²) in [6.07, 6.45) is 1.18. The maximum atomic E-state index is 10.5. The number of amides is 1. The summed E-state index contributed by atoms with van der Waals surface area (Å²) in [7, 11) is 0. The van der Waals surface area contributed by atoms with Crippen LogP contribution in [0.5, 0.6) is 0 Å². The zero-order valence-corrected chi connectivity index (χ0v) is 8.73. The summed E-state index contributed by atoms with van der Waals surface area (Å²) in [5.74, 6) is -0.674. The third kappa shape index (κ3) is 3.57. The summed E-state index contributed by atoms with van der Waals surface area (Å²) in [4.78, 5) is 17.6. The molecule has 0 saturated heterocycles. The Morgan fingerprint density at radius 1 is 1.46 bits per heavy atom. The fourth-order valence-electron chi connectivity index (χ4n) is 0.506. The Labute approximate surface area is 86.1 Å². The number of primary amides is 1. The van der Waals surface area contributed by atoms with Gasteiger partial charge in [0.2, 0.25) is 5.28 Å². The number of hydrogen-bond acceptors (Lipinski definition) is 3. The van der Waals surface area contributed by atoms with Crippen LogP contribution in [-0.2, 0) is 0 Å². The van der Waals surface area contributed by atoms with Gasteiger partial charge in [0.05, 0.1) is 5.56 Å². The highest BCUT2D eigenvalue weighted by atomic mass is 35.5. The molecule has 1 rings (SSSR count). The smallest absolute Gasteiger partial charge is 0.253 e. The van der Waals surface area contributed by atoms with E-state index in [-0.39, 0.29) is 16.0 Å². The van der Waals surface area contributed by atoms with Gasteiger partial charge in [0.15, 0.2) is 0 Å². The van der Waals surface area contributed by atoms with Gasteiger partial charge in [-0.3, -0.25) is 4.79 Å². The second kappa shape index (κ2) is 5.72. The molecule has 0 saturated carbocycles. The molecule has 1 aromatic rings. The van der Waals surface area contributed by atoms with E-state index in [1.807, 2.05) is 13.8 Å². The van der Waals surface area contributed by atoms with E-state index in [2.05, 4.69) is 9.97 Å². The predicted octanol–water partition coefficient (Wildman–Crippen LogP) is 1.91. The largest absolute Gasteiger partial charge is 0.365 e.